The fourth-order valence-corrected chi connectivity index (χ4v) is 3.67. The molecule has 0 atom stereocenters. The van der Waals surface area contributed by atoms with Crippen molar-refractivity contribution in [2.45, 2.75) is 0 Å². The van der Waals surface area contributed by atoms with E-state index in [-0.39, 0.29) is 11.9 Å². The molecule has 0 aliphatic carbocycles. The van der Waals surface area contributed by atoms with Crippen LogP contribution < -0.4 is 16.4 Å². The van der Waals surface area contributed by atoms with Crippen LogP contribution in [0.4, 0.5) is 11.4 Å². The second kappa shape index (κ2) is 8.76. The number of hydrogen-bond acceptors (Lipinski definition) is 4. The molecule has 8 heteroatoms. The molecule has 1 amide bonds. The first kappa shape index (κ1) is 20.7. The number of fused-ring (bicyclic) bond motifs is 2. The third kappa shape index (κ3) is 4.70. The normalized spacial score (nSPS) is 11.6. The van der Waals surface area contributed by atoms with Crippen LogP contribution in [0.25, 0.3) is 21.9 Å². The number of rotatable bonds is 3. The molecule has 4 aromatic carbocycles. The molecule has 0 aliphatic rings. The standard InChI is InChI=1S/C25H17BrN4O3/c26-18-8-5-16(6-9-18)23(31)30-24(27-19-10-7-15-3-1-2-4-17(15)13-19)28-20-11-12-21-22(14-20)33-25(32)29-21/h1-14H,(H,29,32)(H2,27,28,30,31). The summed E-state index contributed by atoms with van der Waals surface area (Å²) in [6.45, 7) is 0. The first-order valence-electron chi connectivity index (χ1n) is 10.1. The molecule has 0 fully saturated rings. The van der Waals surface area contributed by atoms with Crippen LogP contribution in [-0.2, 0) is 0 Å². The molecule has 0 spiro atoms. The van der Waals surface area contributed by atoms with Gasteiger partial charge in [0.25, 0.3) is 5.91 Å². The quantitative estimate of drug-likeness (QED) is 0.223. The Bertz CT molecular complexity index is 1570. The molecule has 0 radical (unpaired) electrons. The number of anilines is 1. The molecular formula is C25H17BrN4O3. The van der Waals surface area contributed by atoms with Gasteiger partial charge in [0, 0.05) is 21.8 Å². The fourth-order valence-electron chi connectivity index (χ4n) is 3.40. The number of halogens is 1. The summed E-state index contributed by atoms with van der Waals surface area (Å²) in [6, 6.07) is 26.0. The van der Waals surface area contributed by atoms with Gasteiger partial charge in [-0.1, -0.05) is 46.3 Å². The number of carbonyl (C=O) groups is 1. The molecule has 1 aromatic heterocycles. The zero-order chi connectivity index (χ0) is 22.8. The maximum atomic E-state index is 12.9. The molecule has 0 aliphatic heterocycles. The summed E-state index contributed by atoms with van der Waals surface area (Å²) in [5.41, 5.74) is 2.70. The number of guanidine groups is 1. The number of hydrogen-bond donors (Lipinski definition) is 3. The SMILES string of the molecule is O=C(NC(=Nc1ccc2[nH]c(=O)oc2c1)Nc1ccc2ccccc2c1)c1ccc(Br)cc1. The van der Waals surface area contributed by atoms with Crippen molar-refractivity contribution in [3.05, 3.63) is 106 Å². The van der Waals surface area contributed by atoms with Gasteiger partial charge in [0.15, 0.2) is 5.58 Å². The average Bonchev–Trinajstić information content (AvgIpc) is 3.18. The van der Waals surface area contributed by atoms with Gasteiger partial charge < -0.3 is 9.73 Å². The Hall–Kier alpha value is -4.17. The maximum absolute atomic E-state index is 12.9. The third-order valence-corrected chi connectivity index (χ3v) is 5.52. The Balaban J connectivity index is 1.50. The summed E-state index contributed by atoms with van der Waals surface area (Å²) in [7, 11) is 0. The number of aliphatic imine (C=N–C) groups is 1. The largest absolute Gasteiger partial charge is 0.417 e. The van der Waals surface area contributed by atoms with Gasteiger partial charge >= 0.3 is 5.76 Å². The van der Waals surface area contributed by atoms with E-state index >= 15 is 0 Å². The number of benzene rings is 4. The Labute approximate surface area is 196 Å². The van der Waals surface area contributed by atoms with Gasteiger partial charge in [0.05, 0.1) is 11.2 Å². The van der Waals surface area contributed by atoms with E-state index < -0.39 is 5.76 Å². The van der Waals surface area contributed by atoms with Gasteiger partial charge in [-0.2, -0.15) is 0 Å². The second-order valence-corrected chi connectivity index (χ2v) is 8.22. The van der Waals surface area contributed by atoms with Crippen molar-refractivity contribution in [3.8, 4) is 0 Å². The highest BCUT2D eigenvalue weighted by molar-refractivity contribution is 9.10. The maximum Gasteiger partial charge on any atom is 0.417 e. The van der Waals surface area contributed by atoms with E-state index in [2.05, 4.69) is 36.5 Å². The molecule has 3 N–H and O–H groups in total. The van der Waals surface area contributed by atoms with Crippen molar-refractivity contribution >= 4 is 61.0 Å². The minimum Gasteiger partial charge on any atom is -0.408 e. The van der Waals surface area contributed by atoms with Crippen LogP contribution in [0.5, 0.6) is 0 Å². The van der Waals surface area contributed by atoms with Crippen LogP contribution in [0.15, 0.2) is 104 Å². The number of H-pyrrole nitrogens is 1. The van der Waals surface area contributed by atoms with E-state index in [4.69, 9.17) is 4.42 Å². The Morgan fingerprint density at radius 2 is 1.70 bits per heavy atom. The minimum atomic E-state index is -0.538. The summed E-state index contributed by atoms with van der Waals surface area (Å²) in [4.78, 5) is 31.5. The molecule has 5 rings (SSSR count). The molecule has 5 aromatic rings. The van der Waals surface area contributed by atoms with Crippen LogP contribution in [0, 0.1) is 0 Å². The molecule has 7 nitrogen and oxygen atoms in total. The van der Waals surface area contributed by atoms with Crippen molar-refractivity contribution in [1.82, 2.24) is 10.3 Å². The third-order valence-electron chi connectivity index (χ3n) is 5.00. The van der Waals surface area contributed by atoms with E-state index in [1.807, 2.05) is 42.5 Å². The lowest BCUT2D eigenvalue weighted by Gasteiger charge is -2.13. The van der Waals surface area contributed by atoms with Crippen molar-refractivity contribution in [2.75, 3.05) is 5.32 Å². The fraction of sp³-hybridized carbons (Fsp3) is 0. The Morgan fingerprint density at radius 3 is 2.52 bits per heavy atom. The van der Waals surface area contributed by atoms with Gasteiger partial charge in [-0.25, -0.2) is 9.79 Å². The van der Waals surface area contributed by atoms with Gasteiger partial charge in [-0.3, -0.25) is 15.1 Å². The van der Waals surface area contributed by atoms with Gasteiger partial charge in [0.2, 0.25) is 5.96 Å². The topological polar surface area (TPSA) is 99.5 Å². The zero-order valence-electron chi connectivity index (χ0n) is 17.1. The van der Waals surface area contributed by atoms with Crippen LogP contribution in [0.3, 0.4) is 0 Å². The number of aromatic nitrogens is 1. The first-order valence-corrected chi connectivity index (χ1v) is 10.9. The first-order chi connectivity index (χ1) is 16.0. The lowest BCUT2D eigenvalue weighted by atomic mass is 10.1. The lowest BCUT2D eigenvalue weighted by Crippen LogP contribution is -2.35. The summed E-state index contributed by atoms with van der Waals surface area (Å²) in [5.74, 6) is -0.622. The van der Waals surface area contributed by atoms with Crippen LogP contribution in [-0.4, -0.2) is 16.9 Å². The number of oxazole rings is 1. The van der Waals surface area contributed by atoms with Gasteiger partial charge in [-0.15, -0.1) is 0 Å². The molecule has 33 heavy (non-hydrogen) atoms. The van der Waals surface area contributed by atoms with Gasteiger partial charge in [-0.05, 0) is 59.3 Å². The molecule has 0 saturated carbocycles. The molecule has 0 unspecified atom stereocenters. The van der Waals surface area contributed by atoms with Crippen LogP contribution in [0.1, 0.15) is 10.4 Å². The zero-order valence-corrected chi connectivity index (χ0v) is 18.7. The highest BCUT2D eigenvalue weighted by Crippen LogP contribution is 2.21. The predicted octanol–water partition coefficient (Wildman–Crippen LogP) is 5.57. The second-order valence-electron chi connectivity index (χ2n) is 7.30. The molecule has 1 heterocycles. The Morgan fingerprint density at radius 1 is 0.909 bits per heavy atom. The highest BCUT2D eigenvalue weighted by atomic mass is 79.9. The van der Waals surface area contributed by atoms with E-state index in [0.717, 1.165) is 20.9 Å². The minimum absolute atomic E-state index is 0.232. The molecule has 162 valence electrons. The number of carbonyl (C=O) groups excluding carboxylic acids is 1. The number of aromatic amines is 1. The van der Waals surface area contributed by atoms with E-state index in [1.165, 1.54) is 0 Å². The summed E-state index contributed by atoms with van der Waals surface area (Å²) >= 11 is 3.37. The summed E-state index contributed by atoms with van der Waals surface area (Å²) in [5, 5.41) is 8.19. The smallest absolute Gasteiger partial charge is 0.408 e. The monoisotopic (exact) mass is 500 g/mol. The van der Waals surface area contributed by atoms with Crippen molar-refractivity contribution in [1.29, 1.82) is 0 Å². The molecule has 0 saturated heterocycles. The predicted molar refractivity (Wildman–Crippen MR) is 133 cm³/mol. The molecular weight excluding hydrogens is 484 g/mol. The van der Waals surface area contributed by atoms with Crippen molar-refractivity contribution in [3.63, 3.8) is 0 Å². The van der Waals surface area contributed by atoms with Crippen molar-refractivity contribution < 1.29 is 9.21 Å². The number of nitrogens with zero attached hydrogens (tertiary/aromatic N) is 1. The van der Waals surface area contributed by atoms with Gasteiger partial charge in [0.1, 0.15) is 0 Å². The highest BCUT2D eigenvalue weighted by Gasteiger charge is 2.11. The van der Waals surface area contributed by atoms with Crippen molar-refractivity contribution in [2.24, 2.45) is 4.99 Å². The number of amides is 1. The lowest BCUT2D eigenvalue weighted by molar-refractivity contribution is 0.0977. The van der Waals surface area contributed by atoms with Crippen LogP contribution in [0.2, 0.25) is 0 Å². The Kier molecular flexibility index (Phi) is 5.50. The van der Waals surface area contributed by atoms with E-state index in [9.17, 15) is 9.59 Å². The summed E-state index contributed by atoms with van der Waals surface area (Å²) < 4.78 is 6.00. The van der Waals surface area contributed by atoms with E-state index in [0.29, 0.717) is 22.4 Å². The number of nitrogens with one attached hydrogen (secondary N) is 3. The average molecular weight is 501 g/mol. The van der Waals surface area contributed by atoms with E-state index in [1.54, 1.807) is 42.5 Å². The summed E-state index contributed by atoms with van der Waals surface area (Å²) in [6.07, 6.45) is 0. The van der Waals surface area contributed by atoms with Crippen LogP contribution >= 0.6 is 15.9 Å². The molecule has 0 bridgehead atoms.